The van der Waals surface area contributed by atoms with Gasteiger partial charge in [-0.05, 0) is 36.8 Å². The van der Waals surface area contributed by atoms with E-state index in [1.54, 1.807) is 12.1 Å². The van der Waals surface area contributed by atoms with Crippen LogP contribution in [0.25, 0.3) is 11.4 Å². The van der Waals surface area contributed by atoms with Crippen LogP contribution in [0.2, 0.25) is 0 Å². The van der Waals surface area contributed by atoms with Gasteiger partial charge >= 0.3 is 0 Å². The van der Waals surface area contributed by atoms with E-state index in [0.29, 0.717) is 30.2 Å². The fourth-order valence-electron chi connectivity index (χ4n) is 2.40. The molecule has 0 radical (unpaired) electrons. The zero-order valence-electron chi connectivity index (χ0n) is 13.8. The Morgan fingerprint density at radius 1 is 1.20 bits per heavy atom. The quantitative estimate of drug-likeness (QED) is 0.747. The van der Waals surface area contributed by atoms with Gasteiger partial charge in [0.2, 0.25) is 17.6 Å². The minimum Gasteiger partial charge on any atom is -0.352 e. The van der Waals surface area contributed by atoms with E-state index in [4.69, 9.17) is 4.52 Å². The summed E-state index contributed by atoms with van der Waals surface area (Å²) in [7, 11) is 0. The molecule has 3 rings (SSSR count). The molecule has 0 atom stereocenters. The minimum atomic E-state index is -0.322. The van der Waals surface area contributed by atoms with Gasteiger partial charge in [-0.25, -0.2) is 4.39 Å². The second-order valence-corrected chi connectivity index (χ2v) is 5.78. The summed E-state index contributed by atoms with van der Waals surface area (Å²) in [5.41, 5.74) is 2.89. The van der Waals surface area contributed by atoms with Crippen LogP contribution >= 0.6 is 0 Å². The highest BCUT2D eigenvalue weighted by Gasteiger charge is 2.10. The molecule has 0 aliphatic heterocycles. The highest BCUT2D eigenvalue weighted by molar-refractivity contribution is 5.76. The van der Waals surface area contributed by atoms with Crippen LogP contribution in [0, 0.1) is 12.7 Å². The molecule has 0 aliphatic rings. The zero-order chi connectivity index (χ0) is 17.6. The van der Waals surface area contributed by atoms with Crippen molar-refractivity contribution >= 4 is 5.91 Å². The maximum absolute atomic E-state index is 12.9. The van der Waals surface area contributed by atoms with Crippen molar-refractivity contribution in [3.63, 3.8) is 0 Å². The third-order valence-electron chi connectivity index (χ3n) is 3.71. The molecule has 128 valence electrons. The molecule has 1 N–H and O–H groups in total. The van der Waals surface area contributed by atoms with Gasteiger partial charge in [0.25, 0.3) is 0 Å². The van der Waals surface area contributed by atoms with Gasteiger partial charge < -0.3 is 9.84 Å². The predicted octanol–water partition coefficient (Wildman–Crippen LogP) is 3.43. The molecule has 1 aromatic heterocycles. The fraction of sp³-hybridized carbons (Fsp3) is 0.211. The highest BCUT2D eigenvalue weighted by atomic mass is 19.1. The summed E-state index contributed by atoms with van der Waals surface area (Å²) in [5.74, 6) is 0.362. The third-order valence-corrected chi connectivity index (χ3v) is 3.71. The van der Waals surface area contributed by atoms with Crippen molar-refractivity contribution in [2.45, 2.75) is 26.3 Å². The molecule has 1 amide bonds. The molecule has 0 saturated heterocycles. The Kier molecular flexibility index (Phi) is 5.18. The fourth-order valence-corrected chi connectivity index (χ4v) is 2.40. The Morgan fingerprint density at radius 2 is 2.00 bits per heavy atom. The average molecular weight is 339 g/mol. The first kappa shape index (κ1) is 16.8. The van der Waals surface area contributed by atoms with Gasteiger partial charge in [-0.15, -0.1) is 0 Å². The van der Waals surface area contributed by atoms with E-state index in [0.717, 1.165) is 11.1 Å². The molecule has 3 aromatic rings. The van der Waals surface area contributed by atoms with Gasteiger partial charge in [0.1, 0.15) is 5.82 Å². The summed E-state index contributed by atoms with van der Waals surface area (Å²) in [6.45, 7) is 2.50. The second-order valence-electron chi connectivity index (χ2n) is 5.78. The van der Waals surface area contributed by atoms with Crippen LogP contribution in [0.5, 0.6) is 0 Å². The van der Waals surface area contributed by atoms with Gasteiger partial charge in [-0.2, -0.15) is 4.98 Å². The van der Waals surface area contributed by atoms with Crippen LogP contribution in [-0.4, -0.2) is 16.0 Å². The summed E-state index contributed by atoms with van der Waals surface area (Å²) < 4.78 is 18.1. The van der Waals surface area contributed by atoms with Gasteiger partial charge in [0, 0.05) is 24.9 Å². The largest absolute Gasteiger partial charge is 0.352 e. The number of carbonyl (C=O) groups is 1. The minimum absolute atomic E-state index is 0.0805. The van der Waals surface area contributed by atoms with E-state index in [1.165, 1.54) is 12.1 Å². The van der Waals surface area contributed by atoms with Crippen molar-refractivity contribution in [3.05, 3.63) is 71.4 Å². The van der Waals surface area contributed by atoms with Crippen LogP contribution < -0.4 is 5.32 Å². The SMILES string of the molecule is Cc1cccc(CNC(=O)CCc2nc(-c3ccc(F)cc3)no2)c1. The van der Waals surface area contributed by atoms with Crippen molar-refractivity contribution in [3.8, 4) is 11.4 Å². The smallest absolute Gasteiger partial charge is 0.227 e. The molecule has 0 unspecified atom stereocenters. The summed E-state index contributed by atoms with van der Waals surface area (Å²) in [6, 6.07) is 13.8. The van der Waals surface area contributed by atoms with E-state index in [2.05, 4.69) is 15.5 Å². The van der Waals surface area contributed by atoms with E-state index < -0.39 is 0 Å². The lowest BCUT2D eigenvalue weighted by Gasteiger charge is -2.05. The Hall–Kier alpha value is -3.02. The second kappa shape index (κ2) is 7.70. The molecule has 0 aliphatic carbocycles. The lowest BCUT2D eigenvalue weighted by atomic mass is 10.1. The first-order valence-corrected chi connectivity index (χ1v) is 8.01. The number of carbonyl (C=O) groups excluding carboxylic acids is 1. The number of benzene rings is 2. The van der Waals surface area contributed by atoms with Crippen LogP contribution in [0.15, 0.2) is 53.1 Å². The Balaban J connectivity index is 1.50. The number of aromatic nitrogens is 2. The van der Waals surface area contributed by atoms with E-state index in [9.17, 15) is 9.18 Å². The molecule has 0 spiro atoms. The van der Waals surface area contributed by atoms with Crippen LogP contribution in [-0.2, 0) is 17.8 Å². The molecule has 1 heterocycles. The zero-order valence-corrected chi connectivity index (χ0v) is 13.8. The Morgan fingerprint density at radius 3 is 2.76 bits per heavy atom. The lowest BCUT2D eigenvalue weighted by Crippen LogP contribution is -2.23. The van der Waals surface area contributed by atoms with Crippen LogP contribution in [0.1, 0.15) is 23.4 Å². The number of halogens is 1. The third kappa shape index (κ3) is 4.73. The van der Waals surface area contributed by atoms with E-state index in [-0.39, 0.29) is 18.1 Å². The molecular weight excluding hydrogens is 321 g/mol. The molecule has 0 fully saturated rings. The van der Waals surface area contributed by atoms with Crippen LogP contribution in [0.3, 0.4) is 0 Å². The summed E-state index contributed by atoms with van der Waals surface area (Å²) in [4.78, 5) is 16.2. The van der Waals surface area contributed by atoms with Gasteiger partial charge in [0.15, 0.2) is 0 Å². The van der Waals surface area contributed by atoms with Gasteiger partial charge in [0.05, 0.1) is 0 Å². The molecule has 2 aromatic carbocycles. The maximum Gasteiger partial charge on any atom is 0.227 e. The number of rotatable bonds is 6. The molecular formula is C19H18FN3O2. The Bertz CT molecular complexity index is 859. The number of hydrogen-bond donors (Lipinski definition) is 1. The van der Waals surface area contributed by atoms with Crippen molar-refractivity contribution in [1.29, 1.82) is 0 Å². The van der Waals surface area contributed by atoms with Gasteiger partial charge in [-0.1, -0.05) is 35.0 Å². The lowest BCUT2D eigenvalue weighted by molar-refractivity contribution is -0.121. The number of aryl methyl sites for hydroxylation is 2. The van der Waals surface area contributed by atoms with Crippen molar-refractivity contribution in [2.75, 3.05) is 0 Å². The van der Waals surface area contributed by atoms with Gasteiger partial charge in [-0.3, -0.25) is 4.79 Å². The molecule has 5 nitrogen and oxygen atoms in total. The topological polar surface area (TPSA) is 68.0 Å². The first-order valence-electron chi connectivity index (χ1n) is 8.01. The molecule has 0 bridgehead atoms. The average Bonchev–Trinajstić information content (AvgIpc) is 3.08. The maximum atomic E-state index is 12.9. The number of nitrogens with one attached hydrogen (secondary N) is 1. The number of nitrogens with zero attached hydrogens (tertiary/aromatic N) is 2. The summed E-state index contributed by atoms with van der Waals surface area (Å²) in [5, 5.41) is 6.73. The van der Waals surface area contributed by atoms with Crippen LogP contribution in [0.4, 0.5) is 4.39 Å². The van der Waals surface area contributed by atoms with Crippen molar-refractivity contribution < 1.29 is 13.7 Å². The number of hydrogen-bond acceptors (Lipinski definition) is 4. The monoisotopic (exact) mass is 339 g/mol. The Labute approximate surface area is 144 Å². The van der Waals surface area contributed by atoms with E-state index in [1.807, 2.05) is 31.2 Å². The van der Waals surface area contributed by atoms with Crippen molar-refractivity contribution in [1.82, 2.24) is 15.5 Å². The number of amides is 1. The standard InChI is InChI=1S/C19H18FN3O2/c1-13-3-2-4-14(11-13)12-21-17(24)9-10-18-22-19(23-25-18)15-5-7-16(20)8-6-15/h2-8,11H,9-10,12H2,1H3,(H,21,24). The normalized spacial score (nSPS) is 10.6. The predicted molar refractivity (Wildman–Crippen MR) is 91.0 cm³/mol. The molecule has 0 saturated carbocycles. The van der Waals surface area contributed by atoms with Crippen molar-refractivity contribution in [2.24, 2.45) is 0 Å². The molecule has 6 heteroatoms. The summed E-state index contributed by atoms with van der Waals surface area (Å²) in [6.07, 6.45) is 0.616. The van der Waals surface area contributed by atoms with E-state index >= 15 is 0 Å². The first-order chi connectivity index (χ1) is 12.1. The highest BCUT2D eigenvalue weighted by Crippen LogP contribution is 2.16. The molecule has 25 heavy (non-hydrogen) atoms. The summed E-state index contributed by atoms with van der Waals surface area (Å²) >= 11 is 0.